The number of aromatic nitrogens is 1. The van der Waals surface area contributed by atoms with Gasteiger partial charge < -0.3 is 9.73 Å². The maximum Gasteiger partial charge on any atom is 0.271 e. The average molecular weight is 404 g/mol. The zero-order chi connectivity index (χ0) is 21.3. The van der Waals surface area contributed by atoms with Crippen LogP contribution >= 0.6 is 0 Å². The number of non-ortho nitro benzene ring substituents is 2. The van der Waals surface area contributed by atoms with E-state index in [-0.39, 0.29) is 22.8 Å². The molecule has 0 aliphatic rings. The smallest absolute Gasteiger partial charge is 0.271 e. The fraction of sp³-hybridized carbons (Fsp3) is 0. The molecule has 4 aromatic rings. The van der Waals surface area contributed by atoms with Crippen LogP contribution in [0.5, 0.6) is 0 Å². The van der Waals surface area contributed by atoms with E-state index in [1.54, 1.807) is 24.3 Å². The van der Waals surface area contributed by atoms with E-state index in [2.05, 4.69) is 10.3 Å². The third kappa shape index (κ3) is 3.56. The number of fused-ring (bicyclic) bond motifs is 1. The Kier molecular flexibility index (Phi) is 4.64. The summed E-state index contributed by atoms with van der Waals surface area (Å²) < 4.78 is 5.69. The van der Waals surface area contributed by atoms with Crippen LogP contribution < -0.4 is 5.32 Å². The number of benzene rings is 3. The number of hydrogen-bond donors (Lipinski definition) is 1. The van der Waals surface area contributed by atoms with Crippen LogP contribution in [0.15, 0.2) is 71.1 Å². The largest absolute Gasteiger partial charge is 0.436 e. The molecule has 0 bridgehead atoms. The first-order valence-electron chi connectivity index (χ1n) is 8.62. The summed E-state index contributed by atoms with van der Waals surface area (Å²) in [5.41, 5.74) is 1.29. The van der Waals surface area contributed by atoms with Gasteiger partial charge in [0.15, 0.2) is 5.58 Å². The molecule has 0 aliphatic carbocycles. The molecule has 0 spiro atoms. The predicted molar refractivity (Wildman–Crippen MR) is 107 cm³/mol. The molecule has 10 nitrogen and oxygen atoms in total. The van der Waals surface area contributed by atoms with Gasteiger partial charge in [0.1, 0.15) is 5.52 Å². The Labute approximate surface area is 168 Å². The Hall–Kier alpha value is -4.60. The summed E-state index contributed by atoms with van der Waals surface area (Å²) in [6, 6.07) is 16.1. The lowest BCUT2D eigenvalue weighted by Crippen LogP contribution is -2.12. The molecule has 10 heteroatoms. The first-order chi connectivity index (χ1) is 14.4. The van der Waals surface area contributed by atoms with Gasteiger partial charge in [-0.25, -0.2) is 4.98 Å². The van der Waals surface area contributed by atoms with E-state index >= 15 is 0 Å². The van der Waals surface area contributed by atoms with Crippen LogP contribution in [-0.2, 0) is 0 Å². The maximum atomic E-state index is 12.6. The number of anilines is 1. The summed E-state index contributed by atoms with van der Waals surface area (Å²) in [7, 11) is 0. The van der Waals surface area contributed by atoms with E-state index in [9.17, 15) is 25.0 Å². The van der Waals surface area contributed by atoms with Gasteiger partial charge >= 0.3 is 0 Å². The van der Waals surface area contributed by atoms with Gasteiger partial charge in [0.2, 0.25) is 5.89 Å². The Balaban J connectivity index is 1.68. The molecule has 0 saturated carbocycles. The second-order valence-corrected chi connectivity index (χ2v) is 6.24. The lowest BCUT2D eigenvalue weighted by Gasteiger charge is -2.08. The molecule has 0 radical (unpaired) electrons. The SMILES string of the molecule is O=C(Nc1ccccc1-c1nc2cc([N+](=O)[O-])ccc2o1)c1cccc([N+](=O)[O-])c1. The minimum Gasteiger partial charge on any atom is -0.436 e. The highest BCUT2D eigenvalue weighted by Gasteiger charge is 2.17. The van der Waals surface area contributed by atoms with E-state index in [1.165, 1.54) is 42.5 Å². The normalized spacial score (nSPS) is 10.7. The van der Waals surface area contributed by atoms with E-state index in [0.717, 1.165) is 0 Å². The van der Waals surface area contributed by atoms with E-state index in [1.807, 2.05) is 0 Å². The maximum absolute atomic E-state index is 12.6. The lowest BCUT2D eigenvalue weighted by molar-refractivity contribution is -0.385. The van der Waals surface area contributed by atoms with Crippen LogP contribution in [0.1, 0.15) is 10.4 Å². The number of hydrogen-bond acceptors (Lipinski definition) is 7. The van der Waals surface area contributed by atoms with Crippen molar-refractivity contribution < 1.29 is 19.1 Å². The Morgan fingerprint density at radius 2 is 1.63 bits per heavy atom. The first kappa shape index (κ1) is 18.7. The first-order valence-corrected chi connectivity index (χ1v) is 8.62. The minimum atomic E-state index is -0.581. The lowest BCUT2D eigenvalue weighted by atomic mass is 10.1. The molecule has 4 rings (SSSR count). The number of carbonyl (C=O) groups excluding carboxylic acids is 1. The van der Waals surface area contributed by atoms with Gasteiger partial charge in [-0.3, -0.25) is 25.0 Å². The molecule has 0 fully saturated rings. The van der Waals surface area contributed by atoms with Crippen LogP contribution in [0.4, 0.5) is 17.1 Å². The number of oxazole rings is 1. The van der Waals surface area contributed by atoms with Gasteiger partial charge in [0.25, 0.3) is 17.3 Å². The Morgan fingerprint density at radius 1 is 0.900 bits per heavy atom. The van der Waals surface area contributed by atoms with Gasteiger partial charge in [-0.1, -0.05) is 18.2 Å². The third-order valence-electron chi connectivity index (χ3n) is 4.31. The molecular formula is C20H12N4O6. The van der Waals surface area contributed by atoms with Crippen LogP contribution in [0.25, 0.3) is 22.6 Å². The summed E-state index contributed by atoms with van der Waals surface area (Å²) in [5, 5.41) is 24.6. The van der Waals surface area contributed by atoms with E-state index in [0.29, 0.717) is 22.4 Å². The van der Waals surface area contributed by atoms with Crippen LogP contribution in [0, 0.1) is 20.2 Å². The van der Waals surface area contributed by atoms with Crippen molar-refractivity contribution in [3.05, 3.63) is 92.5 Å². The fourth-order valence-corrected chi connectivity index (χ4v) is 2.88. The molecule has 148 valence electrons. The monoisotopic (exact) mass is 404 g/mol. The van der Waals surface area contributed by atoms with Crippen molar-refractivity contribution in [3.63, 3.8) is 0 Å². The fourth-order valence-electron chi connectivity index (χ4n) is 2.88. The van der Waals surface area contributed by atoms with Gasteiger partial charge in [0, 0.05) is 29.8 Å². The van der Waals surface area contributed by atoms with E-state index < -0.39 is 15.8 Å². The van der Waals surface area contributed by atoms with Gasteiger partial charge in [0.05, 0.1) is 21.1 Å². The predicted octanol–water partition coefficient (Wildman–Crippen LogP) is 4.56. The highest BCUT2D eigenvalue weighted by Crippen LogP contribution is 2.31. The number of nitro benzene ring substituents is 2. The van der Waals surface area contributed by atoms with Crippen molar-refractivity contribution in [2.45, 2.75) is 0 Å². The molecule has 1 amide bonds. The molecule has 1 heterocycles. The van der Waals surface area contributed by atoms with Crippen molar-refractivity contribution in [3.8, 4) is 11.5 Å². The molecular weight excluding hydrogens is 392 g/mol. The summed E-state index contributed by atoms with van der Waals surface area (Å²) >= 11 is 0. The zero-order valence-electron chi connectivity index (χ0n) is 15.1. The van der Waals surface area contributed by atoms with Crippen molar-refractivity contribution >= 4 is 34.1 Å². The van der Waals surface area contributed by atoms with E-state index in [4.69, 9.17) is 4.42 Å². The number of carbonyl (C=O) groups is 1. The molecule has 1 aromatic heterocycles. The third-order valence-corrected chi connectivity index (χ3v) is 4.31. The topological polar surface area (TPSA) is 141 Å². The molecule has 1 N–H and O–H groups in total. The van der Waals surface area contributed by atoms with Gasteiger partial charge in [-0.2, -0.15) is 0 Å². The van der Waals surface area contributed by atoms with Crippen molar-refractivity contribution in [1.29, 1.82) is 0 Å². The highest BCUT2D eigenvalue weighted by molar-refractivity contribution is 6.06. The molecule has 0 aliphatic heterocycles. The molecule has 0 atom stereocenters. The second kappa shape index (κ2) is 7.43. The highest BCUT2D eigenvalue weighted by atomic mass is 16.6. The Bertz CT molecular complexity index is 1310. The van der Waals surface area contributed by atoms with Crippen LogP contribution in [0.2, 0.25) is 0 Å². The van der Waals surface area contributed by atoms with Crippen molar-refractivity contribution in [2.24, 2.45) is 0 Å². The minimum absolute atomic E-state index is 0.116. The summed E-state index contributed by atoms with van der Waals surface area (Å²) in [5.74, 6) is -0.377. The number of para-hydroxylation sites is 1. The number of amides is 1. The molecule has 0 saturated heterocycles. The summed E-state index contributed by atoms with van der Waals surface area (Å²) in [6.07, 6.45) is 0. The quantitative estimate of drug-likeness (QED) is 0.379. The summed E-state index contributed by atoms with van der Waals surface area (Å²) in [4.78, 5) is 37.7. The number of nitrogens with one attached hydrogen (secondary N) is 1. The summed E-state index contributed by atoms with van der Waals surface area (Å²) in [6.45, 7) is 0. The molecule has 30 heavy (non-hydrogen) atoms. The number of nitro groups is 2. The average Bonchev–Trinajstić information content (AvgIpc) is 3.17. The standard InChI is InChI=1S/C20H12N4O6/c25-19(12-4-3-5-13(10-12)23(26)27)21-16-7-2-1-6-15(16)20-22-17-11-14(24(28)29)8-9-18(17)30-20/h1-11H,(H,21,25). The van der Waals surface area contributed by atoms with Crippen molar-refractivity contribution in [2.75, 3.05) is 5.32 Å². The Morgan fingerprint density at radius 3 is 2.40 bits per heavy atom. The zero-order valence-corrected chi connectivity index (χ0v) is 15.1. The molecule has 3 aromatic carbocycles. The number of rotatable bonds is 5. The van der Waals surface area contributed by atoms with Crippen LogP contribution in [0.3, 0.4) is 0 Å². The molecule has 0 unspecified atom stereocenters. The van der Waals surface area contributed by atoms with Crippen LogP contribution in [-0.4, -0.2) is 20.7 Å². The van der Waals surface area contributed by atoms with Crippen molar-refractivity contribution in [1.82, 2.24) is 4.98 Å². The van der Waals surface area contributed by atoms with Gasteiger partial charge in [-0.05, 0) is 24.3 Å². The van der Waals surface area contributed by atoms with Gasteiger partial charge in [-0.15, -0.1) is 0 Å². The second-order valence-electron chi connectivity index (χ2n) is 6.24. The number of nitrogens with zero attached hydrogens (tertiary/aromatic N) is 3.